The molecule has 2 heterocycles. The van der Waals surface area contributed by atoms with Gasteiger partial charge in [-0.2, -0.15) is 18.3 Å². The molecule has 1 aliphatic heterocycles. The lowest BCUT2D eigenvalue weighted by Crippen LogP contribution is -2.20. The summed E-state index contributed by atoms with van der Waals surface area (Å²) in [5.74, 6) is 0.650. The number of halogens is 3. The Morgan fingerprint density at radius 2 is 1.88 bits per heavy atom. The maximum atomic E-state index is 13.3. The van der Waals surface area contributed by atoms with Crippen LogP contribution < -0.4 is 10.1 Å². The Balaban J connectivity index is 1.83. The van der Waals surface area contributed by atoms with Gasteiger partial charge in [-0.15, -0.1) is 0 Å². The number of methoxy groups -OCH3 is 1. The number of nitrogens with zero attached hydrogens (tertiary/aromatic N) is 2. The fourth-order valence-electron chi connectivity index (χ4n) is 3.86. The standard InChI is InChI=1S/C23H26F3N3O3/c1-22(2,30)14-7-9-16-18(13-14)29(20-6-4-5-11-32-20)28-21(16)27-17-12-15(23(24,25)26)8-10-19(17)31-3/h7-10,12-13,20,30H,4-6,11H2,1-3H3,(H,27,28). The molecule has 32 heavy (non-hydrogen) atoms. The highest BCUT2D eigenvalue weighted by atomic mass is 19.4. The molecule has 9 heteroatoms. The van der Waals surface area contributed by atoms with Crippen molar-refractivity contribution in [3.8, 4) is 5.75 Å². The van der Waals surface area contributed by atoms with E-state index < -0.39 is 17.3 Å². The molecule has 172 valence electrons. The van der Waals surface area contributed by atoms with Crippen LogP contribution in [-0.4, -0.2) is 28.6 Å². The molecule has 1 saturated heterocycles. The normalized spacial score (nSPS) is 17.5. The number of alkyl halides is 3. The molecule has 1 fully saturated rings. The average molecular weight is 449 g/mol. The second kappa shape index (κ2) is 8.29. The third-order valence-electron chi connectivity index (χ3n) is 5.62. The summed E-state index contributed by atoms with van der Waals surface area (Å²) in [6, 6.07) is 8.69. The average Bonchev–Trinajstić information content (AvgIpc) is 3.11. The summed E-state index contributed by atoms with van der Waals surface area (Å²) in [6.45, 7) is 4.00. The number of benzene rings is 2. The van der Waals surface area contributed by atoms with Crippen molar-refractivity contribution < 1.29 is 27.8 Å². The first-order valence-electron chi connectivity index (χ1n) is 10.5. The van der Waals surface area contributed by atoms with Crippen LogP contribution in [-0.2, 0) is 16.5 Å². The molecule has 3 aromatic rings. The van der Waals surface area contributed by atoms with Gasteiger partial charge in [0.2, 0.25) is 0 Å². The highest BCUT2D eigenvalue weighted by Crippen LogP contribution is 2.39. The molecule has 6 nitrogen and oxygen atoms in total. The number of hydrogen-bond acceptors (Lipinski definition) is 5. The Kier molecular flexibility index (Phi) is 5.81. The van der Waals surface area contributed by atoms with Gasteiger partial charge in [-0.1, -0.05) is 6.07 Å². The Bertz CT molecular complexity index is 1110. The molecule has 2 N–H and O–H groups in total. The van der Waals surface area contributed by atoms with Crippen molar-refractivity contribution in [3.63, 3.8) is 0 Å². The van der Waals surface area contributed by atoms with Crippen LogP contribution in [0.15, 0.2) is 36.4 Å². The zero-order chi connectivity index (χ0) is 23.1. The lowest BCUT2D eigenvalue weighted by molar-refractivity contribution is -0.137. The van der Waals surface area contributed by atoms with E-state index in [4.69, 9.17) is 9.47 Å². The van der Waals surface area contributed by atoms with Crippen molar-refractivity contribution in [2.24, 2.45) is 0 Å². The van der Waals surface area contributed by atoms with Crippen LogP contribution in [0.2, 0.25) is 0 Å². The van der Waals surface area contributed by atoms with Gasteiger partial charge in [0.25, 0.3) is 0 Å². The molecule has 0 aliphatic carbocycles. The van der Waals surface area contributed by atoms with E-state index >= 15 is 0 Å². The monoisotopic (exact) mass is 449 g/mol. The molecule has 0 amide bonds. The van der Waals surface area contributed by atoms with Crippen LogP contribution in [0.4, 0.5) is 24.7 Å². The second-order valence-corrected chi connectivity index (χ2v) is 8.44. The summed E-state index contributed by atoms with van der Waals surface area (Å²) in [6.07, 6.45) is -2.04. The Labute approximate surface area is 183 Å². The maximum Gasteiger partial charge on any atom is 0.416 e. The number of anilines is 2. The number of rotatable bonds is 5. The maximum absolute atomic E-state index is 13.3. The van der Waals surface area contributed by atoms with Crippen LogP contribution in [0, 0.1) is 0 Å². The number of nitrogens with one attached hydrogen (secondary N) is 1. The van der Waals surface area contributed by atoms with Crippen molar-refractivity contribution in [1.82, 2.24) is 9.78 Å². The molecular weight excluding hydrogens is 423 g/mol. The Morgan fingerprint density at radius 3 is 2.50 bits per heavy atom. The third kappa shape index (κ3) is 4.40. The Hall–Kier alpha value is -2.78. The zero-order valence-electron chi connectivity index (χ0n) is 18.2. The van der Waals surface area contributed by atoms with E-state index in [1.54, 1.807) is 30.7 Å². The van der Waals surface area contributed by atoms with E-state index in [1.165, 1.54) is 13.2 Å². The van der Waals surface area contributed by atoms with Gasteiger partial charge in [-0.3, -0.25) is 0 Å². The number of aliphatic hydroxyl groups is 1. The van der Waals surface area contributed by atoms with E-state index in [1.807, 2.05) is 6.07 Å². The quantitative estimate of drug-likeness (QED) is 0.520. The Morgan fingerprint density at radius 1 is 1.12 bits per heavy atom. The van der Waals surface area contributed by atoms with E-state index in [0.717, 1.165) is 36.9 Å². The molecule has 1 atom stereocenters. The topological polar surface area (TPSA) is 68.5 Å². The van der Waals surface area contributed by atoms with Crippen LogP contribution in [0.5, 0.6) is 5.75 Å². The van der Waals surface area contributed by atoms with Crippen LogP contribution in [0.25, 0.3) is 10.9 Å². The summed E-state index contributed by atoms with van der Waals surface area (Å²) < 4.78 is 52.7. The predicted octanol–water partition coefficient (Wildman–Crippen LogP) is 5.73. The molecule has 0 bridgehead atoms. The van der Waals surface area contributed by atoms with Crippen molar-refractivity contribution in [2.45, 2.75) is 51.1 Å². The van der Waals surface area contributed by atoms with Crippen LogP contribution >= 0.6 is 0 Å². The first kappa shape index (κ1) is 22.4. The lowest BCUT2D eigenvalue weighted by Gasteiger charge is -2.24. The largest absolute Gasteiger partial charge is 0.495 e. The summed E-state index contributed by atoms with van der Waals surface area (Å²) in [5.41, 5.74) is -0.265. The van der Waals surface area contributed by atoms with Gasteiger partial charge in [0.1, 0.15) is 5.75 Å². The van der Waals surface area contributed by atoms with E-state index in [9.17, 15) is 18.3 Å². The minimum atomic E-state index is -4.48. The number of ether oxygens (including phenoxy) is 2. The van der Waals surface area contributed by atoms with Crippen molar-refractivity contribution in [1.29, 1.82) is 0 Å². The lowest BCUT2D eigenvalue weighted by atomic mass is 9.97. The zero-order valence-corrected chi connectivity index (χ0v) is 18.2. The molecule has 1 unspecified atom stereocenters. The highest BCUT2D eigenvalue weighted by molar-refractivity contribution is 5.93. The molecule has 1 aliphatic rings. The van der Waals surface area contributed by atoms with Gasteiger partial charge in [0.05, 0.1) is 29.5 Å². The molecular formula is C23H26F3N3O3. The molecule has 0 saturated carbocycles. The summed E-state index contributed by atoms with van der Waals surface area (Å²) in [5, 5.41) is 18.9. The predicted molar refractivity (Wildman–Crippen MR) is 115 cm³/mol. The van der Waals surface area contributed by atoms with Gasteiger partial charge in [-0.25, -0.2) is 4.68 Å². The number of hydrogen-bond donors (Lipinski definition) is 2. The van der Waals surface area contributed by atoms with Gasteiger partial charge in [0, 0.05) is 12.0 Å². The molecule has 0 radical (unpaired) electrons. The molecule has 0 spiro atoms. The fraction of sp³-hybridized carbons (Fsp3) is 0.435. The van der Waals surface area contributed by atoms with Crippen LogP contribution in [0.3, 0.4) is 0 Å². The van der Waals surface area contributed by atoms with Crippen molar-refractivity contribution >= 4 is 22.4 Å². The first-order chi connectivity index (χ1) is 15.1. The molecule has 1 aromatic heterocycles. The smallest absolute Gasteiger partial charge is 0.416 e. The number of fused-ring (bicyclic) bond motifs is 1. The summed E-state index contributed by atoms with van der Waals surface area (Å²) >= 11 is 0. The van der Waals surface area contributed by atoms with Gasteiger partial charge >= 0.3 is 6.18 Å². The summed E-state index contributed by atoms with van der Waals surface area (Å²) in [7, 11) is 1.40. The van der Waals surface area contributed by atoms with Gasteiger partial charge in [0.15, 0.2) is 12.0 Å². The third-order valence-corrected chi connectivity index (χ3v) is 5.62. The molecule has 2 aromatic carbocycles. The van der Waals surface area contributed by atoms with E-state index in [2.05, 4.69) is 10.4 Å². The molecule has 4 rings (SSSR count). The second-order valence-electron chi connectivity index (χ2n) is 8.44. The first-order valence-corrected chi connectivity index (χ1v) is 10.5. The van der Waals surface area contributed by atoms with E-state index in [0.29, 0.717) is 23.4 Å². The minimum absolute atomic E-state index is 0.157. The summed E-state index contributed by atoms with van der Waals surface area (Å²) in [4.78, 5) is 0. The number of aromatic nitrogens is 2. The van der Waals surface area contributed by atoms with E-state index in [-0.39, 0.29) is 17.7 Å². The van der Waals surface area contributed by atoms with Crippen LogP contribution in [0.1, 0.15) is 50.5 Å². The minimum Gasteiger partial charge on any atom is -0.495 e. The highest BCUT2D eigenvalue weighted by Gasteiger charge is 2.31. The van der Waals surface area contributed by atoms with Crippen molar-refractivity contribution in [2.75, 3.05) is 19.0 Å². The van der Waals surface area contributed by atoms with Crippen molar-refractivity contribution in [3.05, 3.63) is 47.5 Å². The van der Waals surface area contributed by atoms with Gasteiger partial charge < -0.3 is 19.9 Å². The van der Waals surface area contributed by atoms with Gasteiger partial charge in [-0.05, 0) is 69.0 Å². The fourth-order valence-corrected chi connectivity index (χ4v) is 3.86. The SMILES string of the molecule is COc1ccc(C(F)(F)F)cc1Nc1nn(C2CCCCO2)c2cc(C(C)(C)O)ccc12.